The lowest BCUT2D eigenvalue weighted by Gasteiger charge is -2.26. The fourth-order valence-corrected chi connectivity index (χ4v) is 3.68. The molecule has 0 spiro atoms. The van der Waals surface area contributed by atoms with Gasteiger partial charge in [0.05, 0.1) is 6.54 Å². The van der Waals surface area contributed by atoms with Crippen LogP contribution in [0.25, 0.3) is 0 Å². The van der Waals surface area contributed by atoms with Crippen LogP contribution in [-0.2, 0) is 11.3 Å². The highest BCUT2D eigenvalue weighted by atomic mass is 16.4. The van der Waals surface area contributed by atoms with Gasteiger partial charge in [0.1, 0.15) is 11.2 Å². The van der Waals surface area contributed by atoms with Crippen LogP contribution in [0.2, 0.25) is 0 Å². The van der Waals surface area contributed by atoms with Crippen LogP contribution in [0.3, 0.4) is 0 Å². The van der Waals surface area contributed by atoms with Crippen LogP contribution in [-0.4, -0.2) is 87.3 Å². The Morgan fingerprint density at radius 1 is 1.39 bits per heavy atom. The van der Waals surface area contributed by atoms with Gasteiger partial charge >= 0.3 is 12.0 Å². The molecule has 0 unspecified atom stereocenters. The zero-order chi connectivity index (χ0) is 16.8. The number of urea groups is 1. The van der Waals surface area contributed by atoms with Crippen molar-refractivity contribution < 1.29 is 14.7 Å². The summed E-state index contributed by atoms with van der Waals surface area (Å²) in [5.74, 6) is 0.522. The minimum atomic E-state index is -0.892. The van der Waals surface area contributed by atoms with E-state index in [9.17, 15) is 14.7 Å². The summed E-state index contributed by atoms with van der Waals surface area (Å²) in [7, 11) is 3.36. The van der Waals surface area contributed by atoms with Crippen molar-refractivity contribution in [3.8, 4) is 0 Å². The van der Waals surface area contributed by atoms with Crippen LogP contribution < -0.4 is 0 Å². The van der Waals surface area contributed by atoms with E-state index in [4.69, 9.17) is 0 Å². The zero-order valence-corrected chi connectivity index (χ0v) is 13.6. The highest BCUT2D eigenvalue weighted by Gasteiger charge is 2.58. The first-order valence-electron chi connectivity index (χ1n) is 7.61. The number of hydrogen-bond donors (Lipinski definition) is 2. The summed E-state index contributed by atoms with van der Waals surface area (Å²) in [6.07, 6.45) is 0. The molecule has 0 aromatic carbocycles. The molecule has 3 rings (SSSR count). The van der Waals surface area contributed by atoms with E-state index in [1.54, 1.807) is 19.0 Å². The highest BCUT2D eigenvalue weighted by molar-refractivity contribution is 5.80. The molecule has 2 aliphatic heterocycles. The largest absolute Gasteiger partial charge is 0.481 e. The number of carboxylic acids is 1. The molecule has 1 aromatic heterocycles. The van der Waals surface area contributed by atoms with Gasteiger partial charge in [-0.15, -0.1) is 0 Å². The van der Waals surface area contributed by atoms with E-state index in [-0.39, 0.29) is 18.5 Å². The van der Waals surface area contributed by atoms with Crippen LogP contribution in [0.15, 0.2) is 0 Å². The van der Waals surface area contributed by atoms with E-state index in [1.165, 1.54) is 4.90 Å². The first-order valence-corrected chi connectivity index (χ1v) is 7.61. The predicted molar refractivity (Wildman–Crippen MR) is 80.6 cm³/mol. The van der Waals surface area contributed by atoms with E-state index < -0.39 is 11.4 Å². The van der Waals surface area contributed by atoms with Crippen molar-refractivity contribution in [3.63, 3.8) is 0 Å². The van der Waals surface area contributed by atoms with Crippen LogP contribution >= 0.6 is 0 Å². The molecule has 2 atom stereocenters. The number of carboxylic acid groups (broad SMARTS) is 1. The number of nitrogens with zero attached hydrogens (tertiary/aromatic N) is 5. The monoisotopic (exact) mass is 322 g/mol. The summed E-state index contributed by atoms with van der Waals surface area (Å²) in [5.41, 5.74) is -0.892. The van der Waals surface area contributed by atoms with Gasteiger partial charge in [0, 0.05) is 46.2 Å². The molecular formula is C14H22N6O3. The molecule has 126 valence electrons. The van der Waals surface area contributed by atoms with Crippen molar-refractivity contribution in [3.05, 3.63) is 11.6 Å². The van der Waals surface area contributed by atoms with Crippen molar-refractivity contribution in [2.24, 2.45) is 11.3 Å². The summed E-state index contributed by atoms with van der Waals surface area (Å²) >= 11 is 0. The number of H-pyrrole nitrogens is 1. The number of aliphatic carboxylic acids is 1. The number of carbonyl (C=O) groups is 2. The predicted octanol–water partition coefficient (Wildman–Crippen LogP) is -0.387. The number of likely N-dealkylation sites (tertiary alicyclic amines) is 2. The van der Waals surface area contributed by atoms with Crippen molar-refractivity contribution in [1.82, 2.24) is 29.9 Å². The topological polar surface area (TPSA) is 106 Å². The quantitative estimate of drug-likeness (QED) is 0.785. The molecule has 0 aliphatic carbocycles. The first-order chi connectivity index (χ1) is 10.8. The Kier molecular flexibility index (Phi) is 3.75. The standard InChI is InChI=1S/C14H22N6O3/c1-9-15-11(17-16-9)6-19-4-10-5-20(13(23)18(2)3)8-14(10,7-19)12(21)22/h10H,4-8H2,1-3H3,(H,21,22)(H,15,16,17)/t10-,14-/m0/s1. The van der Waals surface area contributed by atoms with Crippen molar-refractivity contribution in [2.75, 3.05) is 40.3 Å². The number of aromatic amines is 1. The molecule has 2 fully saturated rings. The van der Waals surface area contributed by atoms with Gasteiger partial charge in [-0.3, -0.25) is 14.8 Å². The molecule has 0 bridgehead atoms. The summed E-state index contributed by atoms with van der Waals surface area (Å²) in [6, 6.07) is -0.129. The van der Waals surface area contributed by atoms with Crippen LogP contribution in [0, 0.1) is 18.3 Å². The van der Waals surface area contributed by atoms with Crippen molar-refractivity contribution in [1.29, 1.82) is 0 Å². The summed E-state index contributed by atoms with van der Waals surface area (Å²) in [4.78, 5) is 33.5. The van der Waals surface area contributed by atoms with Gasteiger partial charge in [0.25, 0.3) is 0 Å². The fraction of sp³-hybridized carbons (Fsp3) is 0.714. The number of fused-ring (bicyclic) bond motifs is 1. The van der Waals surface area contributed by atoms with Gasteiger partial charge in [-0.25, -0.2) is 9.78 Å². The first kappa shape index (κ1) is 15.7. The van der Waals surface area contributed by atoms with Gasteiger partial charge in [-0.2, -0.15) is 5.10 Å². The number of carbonyl (C=O) groups excluding carboxylic acids is 1. The fourth-order valence-electron chi connectivity index (χ4n) is 3.68. The molecule has 0 radical (unpaired) electrons. The molecule has 23 heavy (non-hydrogen) atoms. The third-order valence-electron chi connectivity index (χ3n) is 4.77. The Bertz CT molecular complexity index is 630. The van der Waals surface area contributed by atoms with Gasteiger partial charge in [-0.1, -0.05) is 0 Å². The van der Waals surface area contributed by atoms with Gasteiger partial charge in [0.15, 0.2) is 5.82 Å². The number of hydrogen-bond acceptors (Lipinski definition) is 5. The van der Waals surface area contributed by atoms with E-state index in [0.29, 0.717) is 32.0 Å². The Labute approximate surface area is 134 Å². The molecule has 2 saturated heterocycles. The summed E-state index contributed by atoms with van der Waals surface area (Å²) in [6.45, 7) is 4.14. The number of aromatic nitrogens is 3. The minimum absolute atomic E-state index is 0.0658. The SMILES string of the molecule is Cc1nc(CN2C[C@H]3CN(C(=O)N(C)C)C[C@@]3(C(=O)O)C2)n[nH]1. The average Bonchev–Trinajstić information content (AvgIpc) is 3.11. The van der Waals surface area contributed by atoms with Gasteiger partial charge in [0.2, 0.25) is 0 Å². The van der Waals surface area contributed by atoms with E-state index in [2.05, 4.69) is 20.1 Å². The highest BCUT2D eigenvalue weighted by Crippen LogP contribution is 2.43. The average molecular weight is 322 g/mol. The van der Waals surface area contributed by atoms with E-state index >= 15 is 0 Å². The van der Waals surface area contributed by atoms with Crippen LogP contribution in [0.4, 0.5) is 4.79 Å². The molecule has 9 heteroatoms. The number of aryl methyl sites for hydroxylation is 1. The molecule has 2 amide bonds. The van der Waals surface area contributed by atoms with Gasteiger partial charge < -0.3 is 14.9 Å². The normalized spacial score (nSPS) is 27.3. The lowest BCUT2D eigenvalue weighted by atomic mass is 9.81. The maximum atomic E-state index is 12.1. The third-order valence-corrected chi connectivity index (χ3v) is 4.77. The smallest absolute Gasteiger partial charge is 0.319 e. The molecule has 1 aromatic rings. The second-order valence-corrected chi connectivity index (χ2v) is 6.72. The van der Waals surface area contributed by atoms with Crippen molar-refractivity contribution >= 4 is 12.0 Å². The maximum absolute atomic E-state index is 12.1. The number of nitrogens with one attached hydrogen (secondary N) is 1. The summed E-state index contributed by atoms with van der Waals surface area (Å²) < 4.78 is 0. The van der Waals surface area contributed by atoms with Gasteiger partial charge in [-0.05, 0) is 6.92 Å². The van der Waals surface area contributed by atoms with E-state index in [1.807, 2.05) is 6.92 Å². The third kappa shape index (κ3) is 2.65. The molecule has 2 N–H and O–H groups in total. The summed E-state index contributed by atoms with van der Waals surface area (Å²) in [5, 5.41) is 16.7. The molecule has 0 saturated carbocycles. The maximum Gasteiger partial charge on any atom is 0.319 e. The second-order valence-electron chi connectivity index (χ2n) is 6.72. The second kappa shape index (κ2) is 5.48. The Morgan fingerprint density at radius 3 is 2.65 bits per heavy atom. The number of rotatable bonds is 3. The zero-order valence-electron chi connectivity index (χ0n) is 13.6. The van der Waals surface area contributed by atoms with Crippen LogP contribution in [0.5, 0.6) is 0 Å². The number of amides is 2. The molecular weight excluding hydrogens is 300 g/mol. The molecule has 2 aliphatic rings. The lowest BCUT2D eigenvalue weighted by molar-refractivity contribution is -0.148. The Morgan fingerprint density at radius 2 is 2.13 bits per heavy atom. The van der Waals surface area contributed by atoms with Crippen molar-refractivity contribution in [2.45, 2.75) is 13.5 Å². The Hall–Kier alpha value is -2.16. The van der Waals surface area contributed by atoms with E-state index in [0.717, 1.165) is 5.82 Å². The molecule has 9 nitrogen and oxygen atoms in total. The van der Waals surface area contributed by atoms with Crippen LogP contribution in [0.1, 0.15) is 11.6 Å². The minimum Gasteiger partial charge on any atom is -0.481 e. The lowest BCUT2D eigenvalue weighted by Crippen LogP contribution is -2.44. The Balaban J connectivity index is 1.73. The molecule has 3 heterocycles.